The number of carbonyl (C=O) groups excluding carboxylic acids is 1. The molecule has 4 nitrogen and oxygen atoms in total. The van der Waals surface area contributed by atoms with E-state index in [0.29, 0.717) is 13.1 Å². The number of thiophene rings is 1. The topological polar surface area (TPSA) is 52.6 Å². The maximum Gasteiger partial charge on any atom is 0.236 e. The van der Waals surface area contributed by atoms with Gasteiger partial charge in [-0.1, -0.05) is 18.2 Å². The van der Waals surface area contributed by atoms with Gasteiger partial charge >= 0.3 is 0 Å². The maximum atomic E-state index is 12.2. The summed E-state index contributed by atoms with van der Waals surface area (Å²) in [5.74, 6) is 0.376. The molecule has 0 atom stereocenters. The second kappa shape index (κ2) is 6.28. The van der Waals surface area contributed by atoms with Crippen molar-refractivity contribution < 1.29 is 9.90 Å². The Balaban J connectivity index is 1.50. The fraction of sp³-hybridized carbons (Fsp3) is 0.312. The fourth-order valence-electron chi connectivity index (χ4n) is 2.54. The Morgan fingerprint density at radius 1 is 1.33 bits per heavy atom. The van der Waals surface area contributed by atoms with E-state index in [0.717, 1.165) is 25.1 Å². The highest BCUT2D eigenvalue weighted by Gasteiger charge is 2.20. The maximum absolute atomic E-state index is 12.2. The Morgan fingerprint density at radius 2 is 2.19 bits per heavy atom. The Morgan fingerprint density at radius 3 is 3.05 bits per heavy atom. The zero-order valence-corrected chi connectivity index (χ0v) is 12.5. The molecule has 1 amide bonds. The molecule has 0 spiro atoms. The standard InChI is InChI=1S/C16H18N2O2S/c19-14-4-2-1-3-12(14)9-17-10-16(20)18-7-5-15-13(11-18)6-8-21-15/h1-4,6,8,17,19H,5,7,9-11H2. The van der Waals surface area contributed by atoms with Gasteiger partial charge in [0.25, 0.3) is 0 Å². The number of amides is 1. The first-order chi connectivity index (χ1) is 10.2. The van der Waals surface area contributed by atoms with Crippen molar-refractivity contribution in [1.29, 1.82) is 0 Å². The lowest BCUT2D eigenvalue weighted by Crippen LogP contribution is -2.40. The number of nitrogens with one attached hydrogen (secondary N) is 1. The van der Waals surface area contributed by atoms with Crippen molar-refractivity contribution in [1.82, 2.24) is 10.2 Å². The summed E-state index contributed by atoms with van der Waals surface area (Å²) in [4.78, 5) is 15.5. The van der Waals surface area contributed by atoms with Crippen LogP contribution < -0.4 is 5.32 Å². The molecular formula is C16H18N2O2S. The monoisotopic (exact) mass is 302 g/mol. The van der Waals surface area contributed by atoms with Gasteiger partial charge in [0.15, 0.2) is 0 Å². The van der Waals surface area contributed by atoms with Crippen molar-refractivity contribution in [2.24, 2.45) is 0 Å². The first kappa shape index (κ1) is 14.1. The highest BCUT2D eigenvalue weighted by atomic mass is 32.1. The largest absolute Gasteiger partial charge is 0.508 e. The van der Waals surface area contributed by atoms with Crippen LogP contribution >= 0.6 is 11.3 Å². The molecule has 0 unspecified atom stereocenters. The third-order valence-electron chi connectivity index (χ3n) is 3.74. The van der Waals surface area contributed by atoms with E-state index in [1.54, 1.807) is 23.5 Å². The van der Waals surface area contributed by atoms with Gasteiger partial charge < -0.3 is 15.3 Å². The van der Waals surface area contributed by atoms with Crippen LogP contribution in [0.15, 0.2) is 35.7 Å². The molecule has 0 saturated carbocycles. The predicted molar refractivity (Wildman–Crippen MR) is 83.3 cm³/mol. The van der Waals surface area contributed by atoms with Crippen molar-refractivity contribution in [3.63, 3.8) is 0 Å². The van der Waals surface area contributed by atoms with E-state index in [2.05, 4.69) is 16.8 Å². The average Bonchev–Trinajstić information content (AvgIpc) is 2.96. The molecule has 0 fully saturated rings. The second-order valence-electron chi connectivity index (χ2n) is 5.17. The first-order valence-electron chi connectivity index (χ1n) is 7.04. The van der Waals surface area contributed by atoms with Crippen LogP contribution in [-0.4, -0.2) is 29.0 Å². The quantitative estimate of drug-likeness (QED) is 0.909. The van der Waals surface area contributed by atoms with Crippen LogP contribution in [0.25, 0.3) is 0 Å². The molecule has 0 aliphatic carbocycles. The minimum Gasteiger partial charge on any atom is -0.508 e. The molecular weight excluding hydrogens is 284 g/mol. The van der Waals surface area contributed by atoms with E-state index in [-0.39, 0.29) is 11.7 Å². The summed E-state index contributed by atoms with van der Waals surface area (Å²) < 4.78 is 0. The van der Waals surface area contributed by atoms with Gasteiger partial charge in [0, 0.05) is 30.1 Å². The molecule has 1 aliphatic rings. The number of para-hydroxylation sites is 1. The molecule has 21 heavy (non-hydrogen) atoms. The summed E-state index contributed by atoms with van der Waals surface area (Å²) in [7, 11) is 0. The SMILES string of the molecule is O=C(CNCc1ccccc1O)N1CCc2sccc2C1. The number of hydrogen-bond acceptors (Lipinski definition) is 4. The number of fused-ring (bicyclic) bond motifs is 1. The second-order valence-corrected chi connectivity index (χ2v) is 6.17. The molecule has 2 N–H and O–H groups in total. The van der Waals surface area contributed by atoms with Crippen LogP contribution in [0.4, 0.5) is 0 Å². The zero-order valence-electron chi connectivity index (χ0n) is 11.7. The Hall–Kier alpha value is -1.85. The van der Waals surface area contributed by atoms with E-state index in [1.807, 2.05) is 17.0 Å². The molecule has 0 radical (unpaired) electrons. The third-order valence-corrected chi connectivity index (χ3v) is 4.77. The van der Waals surface area contributed by atoms with Crippen LogP contribution in [-0.2, 0) is 24.3 Å². The first-order valence-corrected chi connectivity index (χ1v) is 7.92. The Bertz CT molecular complexity index is 639. The molecule has 110 valence electrons. The number of benzene rings is 1. The average molecular weight is 302 g/mol. The lowest BCUT2D eigenvalue weighted by atomic mass is 10.1. The van der Waals surface area contributed by atoms with Crippen molar-refractivity contribution in [3.8, 4) is 5.75 Å². The Labute approximate surface area is 128 Å². The number of hydrogen-bond donors (Lipinski definition) is 2. The zero-order chi connectivity index (χ0) is 14.7. The fourth-order valence-corrected chi connectivity index (χ4v) is 3.43. The lowest BCUT2D eigenvalue weighted by Gasteiger charge is -2.27. The van der Waals surface area contributed by atoms with Gasteiger partial charge in [0.05, 0.1) is 6.54 Å². The van der Waals surface area contributed by atoms with Gasteiger partial charge in [-0.2, -0.15) is 0 Å². The van der Waals surface area contributed by atoms with Crippen LogP contribution in [0.3, 0.4) is 0 Å². The smallest absolute Gasteiger partial charge is 0.236 e. The van der Waals surface area contributed by atoms with Gasteiger partial charge in [-0.15, -0.1) is 11.3 Å². The molecule has 0 bridgehead atoms. The van der Waals surface area contributed by atoms with Crippen molar-refractivity contribution in [2.75, 3.05) is 13.1 Å². The van der Waals surface area contributed by atoms with E-state index in [9.17, 15) is 9.90 Å². The minimum absolute atomic E-state index is 0.113. The van der Waals surface area contributed by atoms with Crippen molar-refractivity contribution >= 4 is 17.2 Å². The van der Waals surface area contributed by atoms with E-state index in [1.165, 1.54) is 10.4 Å². The third kappa shape index (κ3) is 3.25. The summed E-state index contributed by atoms with van der Waals surface area (Å²) in [6.45, 7) is 2.31. The summed E-state index contributed by atoms with van der Waals surface area (Å²) in [5, 5.41) is 14.9. The van der Waals surface area contributed by atoms with Crippen LogP contribution in [0.1, 0.15) is 16.0 Å². The van der Waals surface area contributed by atoms with Gasteiger partial charge in [0.2, 0.25) is 5.91 Å². The molecule has 2 heterocycles. The van der Waals surface area contributed by atoms with Crippen molar-refractivity contribution in [2.45, 2.75) is 19.5 Å². The number of aromatic hydroxyl groups is 1. The van der Waals surface area contributed by atoms with Crippen molar-refractivity contribution in [3.05, 3.63) is 51.7 Å². The number of carbonyl (C=O) groups is 1. The molecule has 2 aromatic rings. The normalized spacial score (nSPS) is 14.0. The van der Waals surface area contributed by atoms with Gasteiger partial charge in [-0.05, 0) is 29.5 Å². The summed E-state index contributed by atoms with van der Waals surface area (Å²) in [6, 6.07) is 9.28. The molecule has 3 rings (SSSR count). The number of nitrogens with zero attached hydrogens (tertiary/aromatic N) is 1. The molecule has 1 aliphatic heterocycles. The van der Waals surface area contributed by atoms with Crippen LogP contribution in [0.5, 0.6) is 5.75 Å². The molecule has 5 heteroatoms. The molecule has 1 aromatic heterocycles. The summed E-state index contributed by atoms with van der Waals surface area (Å²) >= 11 is 1.77. The lowest BCUT2D eigenvalue weighted by molar-refractivity contribution is -0.131. The van der Waals surface area contributed by atoms with E-state index < -0.39 is 0 Å². The number of rotatable bonds is 4. The Kier molecular flexibility index (Phi) is 4.22. The van der Waals surface area contributed by atoms with Gasteiger partial charge in [0.1, 0.15) is 5.75 Å². The van der Waals surface area contributed by atoms with Gasteiger partial charge in [-0.25, -0.2) is 0 Å². The highest BCUT2D eigenvalue weighted by molar-refractivity contribution is 7.10. The number of phenolic OH excluding ortho intramolecular Hbond substituents is 1. The van der Waals surface area contributed by atoms with Crippen LogP contribution in [0.2, 0.25) is 0 Å². The minimum atomic E-state index is 0.113. The highest BCUT2D eigenvalue weighted by Crippen LogP contribution is 2.23. The van der Waals surface area contributed by atoms with Crippen LogP contribution in [0, 0.1) is 0 Å². The summed E-state index contributed by atoms with van der Waals surface area (Å²) in [6.07, 6.45) is 0.957. The van der Waals surface area contributed by atoms with E-state index in [4.69, 9.17) is 0 Å². The van der Waals surface area contributed by atoms with Gasteiger partial charge in [-0.3, -0.25) is 4.79 Å². The molecule has 1 aromatic carbocycles. The summed E-state index contributed by atoms with van der Waals surface area (Å²) in [5.41, 5.74) is 2.09. The van der Waals surface area contributed by atoms with E-state index >= 15 is 0 Å². The predicted octanol–water partition coefficient (Wildman–Crippen LogP) is 2.13. The molecule has 0 saturated heterocycles. The number of phenols is 1.